The highest BCUT2D eigenvalue weighted by molar-refractivity contribution is 9.10. The van der Waals surface area contributed by atoms with Crippen molar-refractivity contribution in [1.29, 1.82) is 0 Å². The lowest BCUT2D eigenvalue weighted by molar-refractivity contribution is 0.506. The van der Waals surface area contributed by atoms with Gasteiger partial charge in [-0.05, 0) is 46.7 Å². The smallest absolute Gasteiger partial charge is 0.0659 e. The minimum absolute atomic E-state index is 0.0984. The molecule has 112 valence electrons. The second kappa shape index (κ2) is 6.85. The maximum Gasteiger partial charge on any atom is 0.0659 e. The summed E-state index contributed by atoms with van der Waals surface area (Å²) >= 11 is 13.6. The van der Waals surface area contributed by atoms with E-state index < -0.39 is 0 Å². The summed E-state index contributed by atoms with van der Waals surface area (Å²) in [6.45, 7) is 6.78. The second-order valence-electron chi connectivity index (χ2n) is 5.89. The fourth-order valence-corrected chi connectivity index (χ4v) is 3.62. The van der Waals surface area contributed by atoms with Crippen LogP contribution in [0, 0.1) is 0 Å². The summed E-state index contributed by atoms with van der Waals surface area (Å²) in [7, 11) is 0. The molecule has 2 aromatic carbocycles. The predicted molar refractivity (Wildman–Crippen MR) is 99.7 cm³/mol. The number of benzene rings is 2. The zero-order valence-electron chi connectivity index (χ0n) is 12.5. The molecule has 21 heavy (non-hydrogen) atoms. The van der Waals surface area contributed by atoms with Gasteiger partial charge in [-0.25, -0.2) is 0 Å². The van der Waals surface area contributed by atoms with Crippen LogP contribution in [-0.2, 0) is 5.41 Å². The van der Waals surface area contributed by atoms with Crippen molar-refractivity contribution in [2.75, 3.05) is 0 Å². The first kappa shape index (κ1) is 17.1. The Morgan fingerprint density at radius 1 is 1.10 bits per heavy atom. The Morgan fingerprint density at radius 2 is 1.71 bits per heavy atom. The zero-order valence-corrected chi connectivity index (χ0v) is 16.4. The normalized spacial score (nSPS) is 13.2. The van der Waals surface area contributed by atoms with E-state index in [9.17, 15) is 0 Å². The molecule has 0 saturated heterocycles. The van der Waals surface area contributed by atoms with E-state index in [2.05, 4.69) is 83.0 Å². The minimum atomic E-state index is 0.0984. The van der Waals surface area contributed by atoms with Gasteiger partial charge in [-0.3, -0.25) is 0 Å². The highest BCUT2D eigenvalue weighted by atomic mass is 79.9. The van der Waals surface area contributed by atoms with E-state index in [0.717, 1.165) is 21.5 Å². The summed E-state index contributed by atoms with van der Waals surface area (Å²) < 4.78 is 1.04. The van der Waals surface area contributed by atoms with Crippen molar-refractivity contribution in [2.45, 2.75) is 37.4 Å². The number of hydrogen-bond donors (Lipinski definition) is 0. The van der Waals surface area contributed by atoms with Crippen molar-refractivity contribution in [1.82, 2.24) is 0 Å². The van der Waals surface area contributed by atoms with Crippen molar-refractivity contribution < 1.29 is 0 Å². The quantitative estimate of drug-likeness (QED) is 0.447. The molecule has 3 heteroatoms. The third-order valence-corrected chi connectivity index (χ3v) is 5.96. The highest BCUT2D eigenvalue weighted by Crippen LogP contribution is 2.37. The van der Waals surface area contributed by atoms with E-state index in [1.807, 2.05) is 12.1 Å². The Morgan fingerprint density at radius 3 is 2.29 bits per heavy atom. The van der Waals surface area contributed by atoms with Crippen LogP contribution in [0.5, 0.6) is 0 Å². The monoisotopic (exact) mass is 428 g/mol. The summed E-state index contributed by atoms with van der Waals surface area (Å²) in [5, 5.41) is 0.776. The maximum atomic E-state index is 6.32. The fourth-order valence-electron chi connectivity index (χ4n) is 2.20. The van der Waals surface area contributed by atoms with Crippen molar-refractivity contribution in [2.24, 2.45) is 0 Å². The molecule has 1 unspecified atom stereocenters. The van der Waals surface area contributed by atoms with Crippen molar-refractivity contribution in [3.05, 3.63) is 68.7 Å². The zero-order chi connectivity index (χ0) is 15.6. The van der Waals surface area contributed by atoms with Crippen LogP contribution in [0.3, 0.4) is 0 Å². The molecule has 1 atom stereocenters. The van der Waals surface area contributed by atoms with E-state index in [0.29, 0.717) is 0 Å². The van der Waals surface area contributed by atoms with Gasteiger partial charge in [-0.1, -0.05) is 88.5 Å². The van der Waals surface area contributed by atoms with Crippen LogP contribution in [0.25, 0.3) is 0 Å². The molecule has 0 bridgehead atoms. The third-order valence-electron chi connectivity index (χ3n) is 4.10. The first-order valence-electron chi connectivity index (χ1n) is 7.04. The van der Waals surface area contributed by atoms with Crippen molar-refractivity contribution in [3.8, 4) is 0 Å². The van der Waals surface area contributed by atoms with E-state index in [4.69, 9.17) is 11.6 Å². The fraction of sp³-hybridized carbons (Fsp3) is 0.333. The number of halogens is 3. The van der Waals surface area contributed by atoms with E-state index in [-0.39, 0.29) is 10.2 Å². The standard InChI is InChI=1S/C18H19Br2Cl/c1-4-18(2,3)13-7-5-12(6-8-13)17(20)15-11-14(19)9-10-16(15)21/h5-11,17H,4H2,1-3H3. The molecular formula is C18H19Br2Cl. The van der Waals surface area contributed by atoms with Crippen LogP contribution < -0.4 is 0 Å². The summed E-state index contributed by atoms with van der Waals surface area (Å²) in [6, 6.07) is 14.7. The van der Waals surface area contributed by atoms with E-state index >= 15 is 0 Å². The maximum absolute atomic E-state index is 6.32. The summed E-state index contributed by atoms with van der Waals surface area (Å²) in [5.41, 5.74) is 3.88. The molecule has 0 nitrogen and oxygen atoms in total. The summed E-state index contributed by atoms with van der Waals surface area (Å²) in [4.78, 5) is 0.0984. The van der Waals surface area contributed by atoms with Gasteiger partial charge in [0.05, 0.1) is 4.83 Å². The first-order chi connectivity index (χ1) is 9.85. The van der Waals surface area contributed by atoms with Crippen LogP contribution in [0.4, 0.5) is 0 Å². The van der Waals surface area contributed by atoms with Gasteiger partial charge in [0, 0.05) is 9.50 Å². The lowest BCUT2D eigenvalue weighted by atomic mass is 9.82. The Bertz CT molecular complexity index is 618. The second-order valence-corrected chi connectivity index (χ2v) is 8.13. The van der Waals surface area contributed by atoms with Gasteiger partial charge in [0.1, 0.15) is 0 Å². The molecule has 0 amide bonds. The number of alkyl halides is 1. The minimum Gasteiger partial charge on any atom is -0.0840 e. The van der Waals surface area contributed by atoms with Crippen LogP contribution in [-0.4, -0.2) is 0 Å². The molecule has 2 aromatic rings. The van der Waals surface area contributed by atoms with Gasteiger partial charge >= 0.3 is 0 Å². The topological polar surface area (TPSA) is 0 Å². The molecule has 0 radical (unpaired) electrons. The van der Waals surface area contributed by atoms with Gasteiger partial charge in [0.25, 0.3) is 0 Å². The molecule has 2 rings (SSSR count). The largest absolute Gasteiger partial charge is 0.0840 e. The Hall–Kier alpha value is -0.310. The molecule has 0 fully saturated rings. The van der Waals surface area contributed by atoms with Crippen molar-refractivity contribution >= 4 is 43.5 Å². The molecule has 0 N–H and O–H groups in total. The first-order valence-corrected chi connectivity index (χ1v) is 9.13. The molecule has 0 aliphatic carbocycles. The molecule has 0 spiro atoms. The highest BCUT2D eigenvalue weighted by Gasteiger charge is 2.19. The third kappa shape index (κ3) is 3.91. The van der Waals surface area contributed by atoms with Crippen molar-refractivity contribution in [3.63, 3.8) is 0 Å². The van der Waals surface area contributed by atoms with Gasteiger partial charge in [0.15, 0.2) is 0 Å². The Kier molecular flexibility index (Phi) is 5.56. The van der Waals surface area contributed by atoms with Crippen LogP contribution in [0.15, 0.2) is 46.9 Å². The molecule has 0 heterocycles. The average Bonchev–Trinajstić information content (AvgIpc) is 2.49. The lowest BCUT2D eigenvalue weighted by Gasteiger charge is -2.24. The SMILES string of the molecule is CCC(C)(C)c1ccc(C(Br)c2cc(Br)ccc2Cl)cc1. The average molecular weight is 431 g/mol. The summed E-state index contributed by atoms with van der Waals surface area (Å²) in [5.74, 6) is 0. The molecular weight excluding hydrogens is 411 g/mol. The van der Waals surface area contributed by atoms with Gasteiger partial charge in [0.2, 0.25) is 0 Å². The number of hydrogen-bond acceptors (Lipinski definition) is 0. The predicted octanol–water partition coefficient (Wildman–Crippen LogP) is 7.27. The van der Waals surface area contributed by atoms with Gasteiger partial charge in [-0.2, -0.15) is 0 Å². The molecule has 0 aromatic heterocycles. The number of rotatable bonds is 4. The molecule has 0 aliphatic rings. The Balaban J connectivity index is 2.32. The molecule has 0 aliphatic heterocycles. The molecule has 0 saturated carbocycles. The Labute approximate surface area is 149 Å². The van der Waals surface area contributed by atoms with Crippen LogP contribution in [0.1, 0.15) is 48.7 Å². The lowest BCUT2D eigenvalue weighted by Crippen LogP contribution is -2.15. The van der Waals surface area contributed by atoms with E-state index in [1.54, 1.807) is 0 Å². The van der Waals surface area contributed by atoms with Gasteiger partial charge in [-0.15, -0.1) is 0 Å². The van der Waals surface area contributed by atoms with Crippen LogP contribution >= 0.6 is 43.5 Å². The van der Waals surface area contributed by atoms with E-state index in [1.165, 1.54) is 11.1 Å². The van der Waals surface area contributed by atoms with Crippen LogP contribution in [0.2, 0.25) is 5.02 Å². The van der Waals surface area contributed by atoms with Gasteiger partial charge < -0.3 is 0 Å². The summed E-state index contributed by atoms with van der Waals surface area (Å²) in [6.07, 6.45) is 1.13.